The van der Waals surface area contributed by atoms with Gasteiger partial charge < -0.3 is 10.3 Å². The molecule has 9 nitrogen and oxygen atoms in total. The highest BCUT2D eigenvalue weighted by atomic mass is 19.1. The highest BCUT2D eigenvalue weighted by molar-refractivity contribution is 5.93. The molecule has 0 radical (unpaired) electrons. The predicted molar refractivity (Wildman–Crippen MR) is 102 cm³/mol. The number of nitrogens with zero attached hydrogens (tertiary/aromatic N) is 5. The SMILES string of the molecule is O=C(NCCn1nc(-n2cncn2)ccc1=O)c1cc(-c2ccc(F)cc2)c[nH]1. The predicted octanol–water partition coefficient (Wildman–Crippen LogP) is 1.39. The highest BCUT2D eigenvalue weighted by Gasteiger charge is 2.10. The van der Waals surface area contributed by atoms with Gasteiger partial charge in [-0.2, -0.15) is 5.10 Å². The van der Waals surface area contributed by atoms with E-state index in [0.29, 0.717) is 11.5 Å². The maximum atomic E-state index is 13.0. The second-order valence-electron chi connectivity index (χ2n) is 6.16. The minimum Gasteiger partial charge on any atom is -0.357 e. The third-order valence-electron chi connectivity index (χ3n) is 4.22. The van der Waals surface area contributed by atoms with Crippen molar-refractivity contribution in [3.05, 3.63) is 83.2 Å². The van der Waals surface area contributed by atoms with Crippen molar-refractivity contribution in [3.8, 4) is 16.9 Å². The molecular formula is C19H16FN7O2. The van der Waals surface area contributed by atoms with Crippen molar-refractivity contribution in [2.75, 3.05) is 6.54 Å². The van der Waals surface area contributed by atoms with Crippen LogP contribution < -0.4 is 10.9 Å². The highest BCUT2D eigenvalue weighted by Crippen LogP contribution is 2.20. The molecule has 3 heterocycles. The van der Waals surface area contributed by atoms with Gasteiger partial charge in [-0.25, -0.2) is 18.7 Å². The Morgan fingerprint density at radius 2 is 1.97 bits per heavy atom. The van der Waals surface area contributed by atoms with E-state index in [1.165, 1.54) is 40.2 Å². The van der Waals surface area contributed by atoms with Crippen LogP contribution in [0, 0.1) is 5.82 Å². The topological polar surface area (TPSA) is 110 Å². The second-order valence-corrected chi connectivity index (χ2v) is 6.16. The number of H-pyrrole nitrogens is 1. The first kappa shape index (κ1) is 18.3. The van der Waals surface area contributed by atoms with Crippen molar-refractivity contribution in [3.63, 3.8) is 0 Å². The van der Waals surface area contributed by atoms with Crippen molar-refractivity contribution in [1.82, 2.24) is 34.8 Å². The van der Waals surface area contributed by atoms with Gasteiger partial charge in [0.2, 0.25) is 0 Å². The van der Waals surface area contributed by atoms with E-state index >= 15 is 0 Å². The molecular weight excluding hydrogens is 377 g/mol. The van der Waals surface area contributed by atoms with Gasteiger partial charge in [-0.3, -0.25) is 9.59 Å². The molecule has 0 aliphatic heterocycles. The fraction of sp³-hybridized carbons (Fsp3) is 0.105. The van der Waals surface area contributed by atoms with Gasteiger partial charge in [-0.1, -0.05) is 12.1 Å². The molecule has 4 aromatic rings. The van der Waals surface area contributed by atoms with E-state index in [-0.39, 0.29) is 30.4 Å². The van der Waals surface area contributed by atoms with Crippen LogP contribution in [0.15, 0.2) is 66.1 Å². The first-order chi connectivity index (χ1) is 14.1. The number of carbonyl (C=O) groups excluding carboxylic acids is 1. The number of aromatic amines is 1. The molecule has 1 aromatic carbocycles. The molecule has 0 aliphatic carbocycles. The van der Waals surface area contributed by atoms with Gasteiger partial charge in [0.1, 0.15) is 24.2 Å². The molecule has 146 valence electrons. The maximum Gasteiger partial charge on any atom is 0.267 e. The van der Waals surface area contributed by atoms with Crippen molar-refractivity contribution < 1.29 is 9.18 Å². The van der Waals surface area contributed by atoms with E-state index in [4.69, 9.17) is 0 Å². The Hall–Kier alpha value is -4.08. The first-order valence-electron chi connectivity index (χ1n) is 8.76. The molecule has 0 spiro atoms. The summed E-state index contributed by atoms with van der Waals surface area (Å²) in [7, 11) is 0. The number of benzene rings is 1. The lowest BCUT2D eigenvalue weighted by Gasteiger charge is -2.07. The summed E-state index contributed by atoms with van der Waals surface area (Å²) in [6.07, 6.45) is 4.52. The quantitative estimate of drug-likeness (QED) is 0.514. The lowest BCUT2D eigenvalue weighted by atomic mass is 10.1. The fourth-order valence-corrected chi connectivity index (χ4v) is 2.75. The summed E-state index contributed by atoms with van der Waals surface area (Å²) < 4.78 is 15.7. The fourth-order valence-electron chi connectivity index (χ4n) is 2.75. The standard InChI is InChI=1S/C19H16FN7O2/c20-15-3-1-13(2-4-15)14-9-16(23-10-14)19(29)22-7-8-26-18(28)6-5-17(25-26)27-12-21-11-24-27/h1-6,9-12,23H,7-8H2,(H,22,29). The third-order valence-corrected chi connectivity index (χ3v) is 4.22. The van der Waals surface area contributed by atoms with Crippen LogP contribution in [-0.2, 0) is 6.54 Å². The minimum absolute atomic E-state index is 0.193. The molecule has 0 fully saturated rings. The largest absolute Gasteiger partial charge is 0.357 e. The average molecular weight is 393 g/mol. The van der Waals surface area contributed by atoms with Gasteiger partial charge in [0.05, 0.1) is 6.54 Å². The Morgan fingerprint density at radius 3 is 2.72 bits per heavy atom. The Labute approximate surface area is 163 Å². The van der Waals surface area contributed by atoms with Crippen LogP contribution in [0.5, 0.6) is 0 Å². The summed E-state index contributed by atoms with van der Waals surface area (Å²) in [5, 5.41) is 10.9. The lowest BCUT2D eigenvalue weighted by molar-refractivity contribution is 0.0947. The molecule has 3 aromatic heterocycles. The summed E-state index contributed by atoms with van der Waals surface area (Å²) in [4.78, 5) is 31.1. The van der Waals surface area contributed by atoms with Crippen LogP contribution in [-0.4, -0.2) is 42.0 Å². The van der Waals surface area contributed by atoms with Crippen LogP contribution in [0.1, 0.15) is 10.5 Å². The molecule has 10 heteroatoms. The summed E-state index contributed by atoms with van der Waals surface area (Å²) in [6, 6.07) is 10.6. The maximum absolute atomic E-state index is 13.0. The number of rotatable bonds is 6. The monoisotopic (exact) mass is 393 g/mol. The molecule has 0 saturated carbocycles. The molecule has 2 N–H and O–H groups in total. The smallest absolute Gasteiger partial charge is 0.267 e. The Kier molecular flexibility index (Phi) is 4.97. The van der Waals surface area contributed by atoms with E-state index in [0.717, 1.165) is 11.1 Å². The molecule has 0 saturated heterocycles. The zero-order chi connectivity index (χ0) is 20.2. The molecule has 29 heavy (non-hydrogen) atoms. The number of amides is 1. The number of aromatic nitrogens is 6. The second kappa shape index (κ2) is 7.89. The minimum atomic E-state index is -0.321. The zero-order valence-electron chi connectivity index (χ0n) is 15.1. The van der Waals surface area contributed by atoms with Crippen LogP contribution >= 0.6 is 0 Å². The normalized spacial score (nSPS) is 10.8. The van der Waals surface area contributed by atoms with E-state index in [9.17, 15) is 14.0 Å². The number of nitrogens with one attached hydrogen (secondary N) is 2. The number of halogens is 1. The van der Waals surface area contributed by atoms with E-state index in [1.807, 2.05) is 0 Å². The lowest BCUT2D eigenvalue weighted by Crippen LogP contribution is -2.32. The summed E-state index contributed by atoms with van der Waals surface area (Å²) >= 11 is 0. The van der Waals surface area contributed by atoms with Crippen LogP contribution in [0.3, 0.4) is 0 Å². The number of hydrogen-bond acceptors (Lipinski definition) is 5. The van der Waals surface area contributed by atoms with Gasteiger partial charge in [0, 0.05) is 18.8 Å². The summed E-state index contributed by atoms with van der Waals surface area (Å²) in [6.45, 7) is 0.399. The number of carbonyl (C=O) groups is 1. The molecule has 0 atom stereocenters. The van der Waals surface area contributed by atoms with Gasteiger partial charge in [-0.05, 0) is 35.4 Å². The van der Waals surface area contributed by atoms with Crippen molar-refractivity contribution in [2.24, 2.45) is 0 Å². The third kappa shape index (κ3) is 4.10. The van der Waals surface area contributed by atoms with Crippen LogP contribution in [0.4, 0.5) is 4.39 Å². The van der Waals surface area contributed by atoms with Crippen molar-refractivity contribution in [2.45, 2.75) is 6.54 Å². The van der Waals surface area contributed by atoms with Crippen molar-refractivity contribution >= 4 is 5.91 Å². The van der Waals surface area contributed by atoms with E-state index in [1.54, 1.807) is 30.5 Å². The average Bonchev–Trinajstić information content (AvgIpc) is 3.42. The first-order valence-corrected chi connectivity index (χ1v) is 8.76. The van der Waals surface area contributed by atoms with Gasteiger partial charge in [-0.15, -0.1) is 5.10 Å². The zero-order valence-corrected chi connectivity index (χ0v) is 15.1. The van der Waals surface area contributed by atoms with E-state index < -0.39 is 0 Å². The van der Waals surface area contributed by atoms with Gasteiger partial charge >= 0.3 is 0 Å². The summed E-state index contributed by atoms with van der Waals surface area (Å²) in [5.74, 6) is -0.195. The molecule has 4 rings (SSSR count). The molecule has 0 bridgehead atoms. The molecule has 1 amide bonds. The summed E-state index contributed by atoms with van der Waals surface area (Å²) in [5.41, 5.74) is 1.64. The van der Waals surface area contributed by atoms with Crippen LogP contribution in [0.25, 0.3) is 16.9 Å². The van der Waals surface area contributed by atoms with Gasteiger partial charge in [0.25, 0.3) is 11.5 Å². The van der Waals surface area contributed by atoms with Gasteiger partial charge in [0.15, 0.2) is 5.82 Å². The Balaban J connectivity index is 1.39. The van der Waals surface area contributed by atoms with Crippen molar-refractivity contribution in [1.29, 1.82) is 0 Å². The van der Waals surface area contributed by atoms with Crippen LogP contribution in [0.2, 0.25) is 0 Å². The van der Waals surface area contributed by atoms with E-state index in [2.05, 4.69) is 25.5 Å². The molecule has 0 aliphatic rings. The molecule has 0 unspecified atom stereocenters. The Morgan fingerprint density at radius 1 is 1.14 bits per heavy atom. The Bertz CT molecular complexity index is 1180. The number of hydrogen-bond donors (Lipinski definition) is 2.